The third-order valence-electron chi connectivity index (χ3n) is 2.71. The van der Waals surface area contributed by atoms with Gasteiger partial charge < -0.3 is 15.7 Å². The maximum Gasteiger partial charge on any atom is 0.356 e. The van der Waals surface area contributed by atoms with Crippen molar-refractivity contribution in [1.29, 1.82) is 0 Å². The van der Waals surface area contributed by atoms with Crippen LogP contribution in [0.15, 0.2) is 18.5 Å². The first kappa shape index (κ1) is 15.2. The Bertz CT molecular complexity index is 732. The van der Waals surface area contributed by atoms with Gasteiger partial charge in [0.05, 0.1) is 5.69 Å². The van der Waals surface area contributed by atoms with Gasteiger partial charge in [0.25, 0.3) is 5.91 Å². The Morgan fingerprint density at radius 2 is 2.05 bits per heavy atom. The molecule has 2 aromatic heterocycles. The topological polar surface area (TPSA) is 131 Å². The van der Waals surface area contributed by atoms with Crippen LogP contribution in [0.4, 0.5) is 5.69 Å². The van der Waals surface area contributed by atoms with Crippen molar-refractivity contribution in [2.75, 3.05) is 12.4 Å². The van der Waals surface area contributed by atoms with E-state index in [0.717, 1.165) is 0 Å². The van der Waals surface area contributed by atoms with Crippen LogP contribution < -0.4 is 10.6 Å². The highest BCUT2D eigenvalue weighted by molar-refractivity contribution is 6.02. The van der Waals surface area contributed by atoms with Crippen LogP contribution in [0, 0.1) is 0 Å². The molecule has 0 saturated carbocycles. The third kappa shape index (κ3) is 3.29. The quantitative estimate of drug-likeness (QED) is 0.670. The Labute approximate surface area is 124 Å². The molecule has 2 heterocycles. The molecule has 0 unspecified atom stereocenters. The van der Waals surface area contributed by atoms with Gasteiger partial charge in [-0.3, -0.25) is 19.0 Å². The summed E-state index contributed by atoms with van der Waals surface area (Å²) >= 11 is 0. The fourth-order valence-electron chi connectivity index (χ4n) is 1.77. The number of carboxylic acid groups (broad SMARTS) is 1. The second-order valence-corrected chi connectivity index (χ2v) is 4.40. The van der Waals surface area contributed by atoms with Crippen molar-refractivity contribution < 1.29 is 19.5 Å². The van der Waals surface area contributed by atoms with Crippen LogP contribution >= 0.6 is 0 Å². The van der Waals surface area contributed by atoms with Crippen LogP contribution in [0.2, 0.25) is 0 Å². The zero-order valence-corrected chi connectivity index (χ0v) is 11.9. The van der Waals surface area contributed by atoms with Crippen LogP contribution in [-0.2, 0) is 18.4 Å². The average Bonchev–Trinajstić information content (AvgIpc) is 3.05. The maximum absolute atomic E-state index is 11.9. The van der Waals surface area contributed by atoms with Gasteiger partial charge >= 0.3 is 5.97 Å². The highest BCUT2D eigenvalue weighted by atomic mass is 16.4. The summed E-state index contributed by atoms with van der Waals surface area (Å²) in [5.41, 5.74) is 0.197. The number of amides is 2. The molecule has 0 aliphatic heterocycles. The van der Waals surface area contributed by atoms with Gasteiger partial charge in [-0.1, -0.05) is 0 Å². The fourth-order valence-corrected chi connectivity index (χ4v) is 1.77. The van der Waals surface area contributed by atoms with Crippen molar-refractivity contribution in [2.45, 2.75) is 6.54 Å². The molecule has 2 rings (SSSR count). The Hall–Kier alpha value is -3.17. The molecule has 0 bridgehead atoms. The van der Waals surface area contributed by atoms with E-state index in [1.807, 2.05) is 0 Å². The standard InChI is InChI=1S/C12H14N6O4/c1-13-11(20)10-8(5-17(2)16-10)14-9(19)6-18-4-3-7(15-18)12(21)22/h3-5H,6H2,1-2H3,(H,13,20)(H,14,19)(H,21,22). The molecule has 0 aliphatic rings. The Morgan fingerprint density at radius 3 is 2.64 bits per heavy atom. The van der Waals surface area contributed by atoms with Crippen molar-refractivity contribution >= 4 is 23.5 Å². The monoisotopic (exact) mass is 306 g/mol. The lowest BCUT2D eigenvalue weighted by Gasteiger charge is -2.04. The summed E-state index contributed by atoms with van der Waals surface area (Å²) in [4.78, 5) is 34.3. The normalized spacial score (nSPS) is 10.3. The van der Waals surface area contributed by atoms with E-state index in [2.05, 4.69) is 20.8 Å². The first-order valence-corrected chi connectivity index (χ1v) is 6.23. The summed E-state index contributed by atoms with van der Waals surface area (Å²) in [7, 11) is 3.08. The fraction of sp³-hybridized carbons (Fsp3) is 0.250. The lowest BCUT2D eigenvalue weighted by atomic mass is 10.3. The van der Waals surface area contributed by atoms with Crippen LogP contribution in [0.1, 0.15) is 21.0 Å². The smallest absolute Gasteiger partial charge is 0.356 e. The molecule has 2 aromatic rings. The van der Waals surface area contributed by atoms with E-state index in [0.29, 0.717) is 0 Å². The molecule has 0 aromatic carbocycles. The Kier molecular flexibility index (Phi) is 4.20. The highest BCUT2D eigenvalue weighted by Gasteiger charge is 2.17. The number of aromatic nitrogens is 4. The second kappa shape index (κ2) is 6.08. The van der Waals surface area contributed by atoms with Gasteiger partial charge in [0.1, 0.15) is 6.54 Å². The number of hydrogen-bond donors (Lipinski definition) is 3. The van der Waals surface area contributed by atoms with Crippen LogP contribution in [0.3, 0.4) is 0 Å². The molecule has 0 atom stereocenters. The summed E-state index contributed by atoms with van der Waals surface area (Å²) in [6.45, 7) is -0.185. The summed E-state index contributed by atoms with van der Waals surface area (Å²) in [5.74, 6) is -2.06. The summed E-state index contributed by atoms with van der Waals surface area (Å²) in [6.07, 6.45) is 2.88. The number of rotatable bonds is 5. The van der Waals surface area contributed by atoms with E-state index in [4.69, 9.17) is 5.11 Å². The van der Waals surface area contributed by atoms with Gasteiger partial charge in [-0.25, -0.2) is 4.79 Å². The van der Waals surface area contributed by atoms with Gasteiger partial charge in [0, 0.05) is 26.5 Å². The summed E-state index contributed by atoms with van der Waals surface area (Å²) in [5, 5.41) is 21.4. The number of carbonyl (C=O) groups is 3. The Morgan fingerprint density at radius 1 is 1.32 bits per heavy atom. The van der Waals surface area contributed by atoms with Crippen LogP contribution in [-0.4, -0.2) is 49.5 Å². The number of aryl methyl sites for hydroxylation is 1. The molecule has 10 nitrogen and oxygen atoms in total. The number of hydrogen-bond acceptors (Lipinski definition) is 5. The molecule has 10 heteroatoms. The summed E-state index contributed by atoms with van der Waals surface area (Å²) < 4.78 is 2.59. The predicted molar refractivity (Wildman–Crippen MR) is 74.4 cm³/mol. The first-order chi connectivity index (χ1) is 10.4. The minimum Gasteiger partial charge on any atom is -0.476 e. The largest absolute Gasteiger partial charge is 0.476 e. The molecule has 0 saturated heterocycles. The lowest BCUT2D eigenvalue weighted by Crippen LogP contribution is -2.23. The zero-order valence-electron chi connectivity index (χ0n) is 11.9. The van der Waals surface area contributed by atoms with E-state index in [1.165, 1.54) is 34.9 Å². The minimum atomic E-state index is -1.17. The van der Waals surface area contributed by atoms with Gasteiger partial charge in [-0.05, 0) is 6.07 Å². The minimum absolute atomic E-state index is 0.0880. The van der Waals surface area contributed by atoms with E-state index < -0.39 is 17.8 Å². The number of carboxylic acids is 1. The van der Waals surface area contributed by atoms with Gasteiger partial charge in [-0.2, -0.15) is 10.2 Å². The molecule has 0 spiro atoms. The molecular weight excluding hydrogens is 292 g/mol. The number of aromatic carboxylic acids is 1. The van der Waals surface area contributed by atoms with Crippen molar-refractivity contribution in [3.05, 3.63) is 29.8 Å². The van der Waals surface area contributed by atoms with E-state index in [9.17, 15) is 14.4 Å². The SMILES string of the molecule is CNC(=O)c1nn(C)cc1NC(=O)Cn1ccc(C(=O)O)n1. The van der Waals surface area contributed by atoms with Crippen molar-refractivity contribution in [1.82, 2.24) is 24.9 Å². The van der Waals surface area contributed by atoms with Crippen LogP contribution in [0.25, 0.3) is 0 Å². The number of anilines is 1. The highest BCUT2D eigenvalue weighted by Crippen LogP contribution is 2.13. The molecule has 0 radical (unpaired) electrons. The Balaban J connectivity index is 2.08. The van der Waals surface area contributed by atoms with Crippen molar-refractivity contribution in [2.24, 2.45) is 7.05 Å². The third-order valence-corrected chi connectivity index (χ3v) is 2.71. The second-order valence-electron chi connectivity index (χ2n) is 4.40. The predicted octanol–water partition coefficient (Wildman–Crippen LogP) is -0.687. The molecular formula is C12H14N6O4. The number of carbonyl (C=O) groups excluding carboxylic acids is 2. The van der Waals surface area contributed by atoms with Gasteiger partial charge in [0.2, 0.25) is 5.91 Å². The summed E-state index contributed by atoms with van der Waals surface area (Å²) in [6, 6.07) is 1.29. The van der Waals surface area contributed by atoms with Gasteiger partial charge in [0.15, 0.2) is 11.4 Å². The molecule has 3 N–H and O–H groups in total. The van der Waals surface area contributed by atoms with Crippen molar-refractivity contribution in [3.8, 4) is 0 Å². The average molecular weight is 306 g/mol. The van der Waals surface area contributed by atoms with E-state index in [1.54, 1.807) is 7.05 Å². The number of nitrogens with zero attached hydrogens (tertiary/aromatic N) is 4. The molecule has 0 fully saturated rings. The van der Waals surface area contributed by atoms with Crippen LogP contribution in [0.5, 0.6) is 0 Å². The molecule has 0 aliphatic carbocycles. The number of nitrogens with one attached hydrogen (secondary N) is 2. The van der Waals surface area contributed by atoms with E-state index >= 15 is 0 Å². The maximum atomic E-state index is 11.9. The van der Waals surface area contributed by atoms with Crippen molar-refractivity contribution in [3.63, 3.8) is 0 Å². The molecule has 22 heavy (non-hydrogen) atoms. The zero-order chi connectivity index (χ0) is 16.3. The van der Waals surface area contributed by atoms with Gasteiger partial charge in [-0.15, -0.1) is 0 Å². The first-order valence-electron chi connectivity index (χ1n) is 6.23. The van der Waals surface area contributed by atoms with E-state index in [-0.39, 0.29) is 23.6 Å². The lowest BCUT2D eigenvalue weighted by molar-refractivity contribution is -0.116. The molecule has 116 valence electrons. The molecule has 2 amide bonds.